The van der Waals surface area contributed by atoms with Gasteiger partial charge in [0.15, 0.2) is 0 Å². The third-order valence-electron chi connectivity index (χ3n) is 3.15. The average Bonchev–Trinajstić information content (AvgIpc) is 2.42. The molecule has 0 aliphatic carbocycles. The molecule has 1 atom stereocenters. The first-order valence-corrected chi connectivity index (χ1v) is 7.88. The van der Waals surface area contributed by atoms with E-state index < -0.39 is 10.0 Å². The number of pyridine rings is 1. The Morgan fingerprint density at radius 1 is 1.20 bits per heavy atom. The highest BCUT2D eigenvalue weighted by Gasteiger charge is 2.20. The first-order valence-electron chi connectivity index (χ1n) is 6.39. The molecule has 0 fully saturated rings. The topological polar surface area (TPSA) is 59.1 Å². The van der Waals surface area contributed by atoms with Crippen LogP contribution in [0.4, 0.5) is 0 Å². The fraction of sp³-hybridized carbons (Fsp3) is 0.267. The summed E-state index contributed by atoms with van der Waals surface area (Å²) >= 11 is 0. The Hall–Kier alpha value is -1.72. The van der Waals surface area contributed by atoms with E-state index in [1.807, 2.05) is 25.1 Å². The second-order valence-corrected chi connectivity index (χ2v) is 6.58. The van der Waals surface area contributed by atoms with Crippen LogP contribution in [0.1, 0.15) is 29.7 Å². The average molecular weight is 290 g/mol. The van der Waals surface area contributed by atoms with Gasteiger partial charge < -0.3 is 0 Å². The summed E-state index contributed by atoms with van der Waals surface area (Å²) in [5.74, 6) is 0. The molecule has 0 unspecified atom stereocenters. The molecule has 0 saturated carbocycles. The minimum Gasteiger partial charge on any atom is -0.264 e. The predicted octanol–water partition coefficient (Wildman–Crippen LogP) is 2.74. The number of sulfonamides is 1. The number of hydrogen-bond acceptors (Lipinski definition) is 3. The third-order valence-corrected chi connectivity index (χ3v) is 4.83. The largest absolute Gasteiger partial charge is 0.264 e. The lowest BCUT2D eigenvalue weighted by Gasteiger charge is -2.15. The van der Waals surface area contributed by atoms with Crippen molar-refractivity contribution in [2.75, 3.05) is 0 Å². The number of rotatable bonds is 4. The maximum atomic E-state index is 12.5. The molecule has 0 aliphatic rings. The van der Waals surface area contributed by atoms with Crippen molar-refractivity contribution in [1.29, 1.82) is 0 Å². The van der Waals surface area contributed by atoms with Gasteiger partial charge in [-0.3, -0.25) is 4.98 Å². The summed E-state index contributed by atoms with van der Waals surface area (Å²) in [6.07, 6.45) is 3.33. The molecular weight excluding hydrogens is 272 g/mol. The molecule has 0 bridgehead atoms. The molecule has 0 amide bonds. The Kier molecular flexibility index (Phi) is 4.20. The second-order valence-electron chi connectivity index (χ2n) is 4.90. The van der Waals surface area contributed by atoms with Crippen LogP contribution in [0.2, 0.25) is 0 Å². The molecule has 1 aromatic heterocycles. The summed E-state index contributed by atoms with van der Waals surface area (Å²) in [5, 5.41) is 0. The summed E-state index contributed by atoms with van der Waals surface area (Å²) < 4.78 is 27.6. The lowest BCUT2D eigenvalue weighted by Crippen LogP contribution is -2.27. The van der Waals surface area contributed by atoms with Gasteiger partial charge in [0, 0.05) is 18.4 Å². The standard InChI is InChI=1S/C15H18N2O2S/c1-11-6-7-12(2)15(9-11)20(18,19)17-13(3)14-5-4-8-16-10-14/h4-10,13,17H,1-3H3/t13-/m1/s1. The highest BCUT2D eigenvalue weighted by Crippen LogP contribution is 2.20. The highest BCUT2D eigenvalue weighted by atomic mass is 32.2. The molecule has 1 aromatic carbocycles. The summed E-state index contributed by atoms with van der Waals surface area (Å²) in [6, 6.07) is 8.72. The lowest BCUT2D eigenvalue weighted by atomic mass is 10.2. The highest BCUT2D eigenvalue weighted by molar-refractivity contribution is 7.89. The van der Waals surface area contributed by atoms with Crippen molar-refractivity contribution in [2.45, 2.75) is 31.7 Å². The summed E-state index contributed by atoms with van der Waals surface area (Å²) in [5.41, 5.74) is 2.49. The monoisotopic (exact) mass is 290 g/mol. The summed E-state index contributed by atoms with van der Waals surface area (Å²) in [7, 11) is -3.54. The van der Waals surface area contributed by atoms with Gasteiger partial charge in [-0.05, 0) is 49.6 Å². The van der Waals surface area contributed by atoms with Crippen molar-refractivity contribution >= 4 is 10.0 Å². The Labute approximate surface area is 119 Å². The number of hydrogen-bond donors (Lipinski definition) is 1. The van der Waals surface area contributed by atoms with Crippen molar-refractivity contribution in [3.8, 4) is 0 Å². The van der Waals surface area contributed by atoms with Crippen LogP contribution in [0.3, 0.4) is 0 Å². The molecular formula is C15H18N2O2S. The minimum absolute atomic E-state index is 0.325. The predicted molar refractivity (Wildman–Crippen MR) is 78.9 cm³/mol. The molecule has 0 spiro atoms. The fourth-order valence-corrected chi connectivity index (χ4v) is 3.55. The van der Waals surface area contributed by atoms with E-state index in [9.17, 15) is 8.42 Å². The van der Waals surface area contributed by atoms with Gasteiger partial charge in [0.25, 0.3) is 0 Å². The van der Waals surface area contributed by atoms with Crippen LogP contribution < -0.4 is 4.72 Å². The first kappa shape index (κ1) is 14.7. The van der Waals surface area contributed by atoms with Gasteiger partial charge in [-0.15, -0.1) is 0 Å². The maximum absolute atomic E-state index is 12.5. The van der Waals surface area contributed by atoms with E-state index in [1.54, 1.807) is 38.4 Å². The SMILES string of the molecule is Cc1ccc(C)c(S(=O)(=O)N[C@H](C)c2cccnc2)c1. The smallest absolute Gasteiger partial charge is 0.241 e. The third kappa shape index (κ3) is 3.23. The van der Waals surface area contributed by atoms with Crippen LogP contribution in [-0.4, -0.2) is 13.4 Å². The Bertz CT molecular complexity index is 697. The molecule has 2 rings (SSSR count). The molecule has 4 nitrogen and oxygen atoms in total. The van der Waals surface area contributed by atoms with Crippen molar-refractivity contribution in [3.63, 3.8) is 0 Å². The van der Waals surface area contributed by atoms with Crippen molar-refractivity contribution in [3.05, 3.63) is 59.4 Å². The summed E-state index contributed by atoms with van der Waals surface area (Å²) in [4.78, 5) is 4.33. The normalized spacial score (nSPS) is 13.2. The Morgan fingerprint density at radius 2 is 1.95 bits per heavy atom. The Morgan fingerprint density at radius 3 is 2.60 bits per heavy atom. The second kappa shape index (κ2) is 5.73. The van der Waals surface area contributed by atoms with Crippen LogP contribution in [0.5, 0.6) is 0 Å². The van der Waals surface area contributed by atoms with E-state index in [-0.39, 0.29) is 6.04 Å². The Balaban J connectivity index is 2.30. The van der Waals surface area contributed by atoms with E-state index in [2.05, 4.69) is 9.71 Å². The van der Waals surface area contributed by atoms with Crippen LogP contribution in [0.25, 0.3) is 0 Å². The molecule has 5 heteroatoms. The van der Waals surface area contributed by atoms with Gasteiger partial charge in [-0.1, -0.05) is 18.2 Å². The van der Waals surface area contributed by atoms with Crippen LogP contribution in [0.15, 0.2) is 47.6 Å². The van der Waals surface area contributed by atoms with Crippen LogP contribution in [0, 0.1) is 13.8 Å². The quantitative estimate of drug-likeness (QED) is 0.942. The fourth-order valence-electron chi connectivity index (χ4n) is 1.99. The van der Waals surface area contributed by atoms with Gasteiger partial charge in [-0.2, -0.15) is 0 Å². The van der Waals surface area contributed by atoms with Crippen LogP contribution in [-0.2, 0) is 10.0 Å². The van der Waals surface area contributed by atoms with Gasteiger partial charge >= 0.3 is 0 Å². The number of nitrogens with zero attached hydrogens (tertiary/aromatic N) is 1. The molecule has 20 heavy (non-hydrogen) atoms. The van der Waals surface area contributed by atoms with Crippen molar-refractivity contribution < 1.29 is 8.42 Å². The van der Waals surface area contributed by atoms with Crippen LogP contribution >= 0.6 is 0 Å². The zero-order valence-corrected chi connectivity index (χ0v) is 12.6. The number of benzene rings is 1. The van der Waals surface area contributed by atoms with Gasteiger partial charge in [0.2, 0.25) is 10.0 Å². The number of nitrogens with one attached hydrogen (secondary N) is 1. The van der Waals surface area contributed by atoms with Gasteiger partial charge in [0.1, 0.15) is 0 Å². The van der Waals surface area contributed by atoms with Gasteiger partial charge in [0.05, 0.1) is 4.90 Å². The molecule has 0 radical (unpaired) electrons. The van der Waals surface area contributed by atoms with Crippen molar-refractivity contribution in [1.82, 2.24) is 9.71 Å². The van der Waals surface area contributed by atoms with E-state index >= 15 is 0 Å². The molecule has 2 aromatic rings. The van der Waals surface area contributed by atoms with E-state index in [0.29, 0.717) is 4.90 Å². The zero-order valence-electron chi connectivity index (χ0n) is 11.8. The van der Waals surface area contributed by atoms with Crippen molar-refractivity contribution in [2.24, 2.45) is 0 Å². The number of aromatic nitrogens is 1. The molecule has 0 aliphatic heterocycles. The molecule has 1 N–H and O–H groups in total. The molecule has 0 saturated heterocycles. The zero-order chi connectivity index (χ0) is 14.8. The number of aryl methyl sites for hydroxylation is 2. The first-order chi connectivity index (χ1) is 9.40. The van der Waals surface area contributed by atoms with E-state index in [1.165, 1.54) is 0 Å². The minimum atomic E-state index is -3.54. The lowest BCUT2D eigenvalue weighted by molar-refractivity contribution is 0.566. The molecule has 1 heterocycles. The maximum Gasteiger partial charge on any atom is 0.241 e. The van der Waals surface area contributed by atoms with Gasteiger partial charge in [-0.25, -0.2) is 13.1 Å². The molecule has 106 valence electrons. The summed E-state index contributed by atoms with van der Waals surface area (Å²) in [6.45, 7) is 5.48. The van der Waals surface area contributed by atoms with E-state index in [0.717, 1.165) is 16.7 Å². The van der Waals surface area contributed by atoms with E-state index in [4.69, 9.17) is 0 Å².